The number of aromatic nitrogens is 4. The van der Waals surface area contributed by atoms with Crippen LogP contribution in [-0.2, 0) is 0 Å². The Balaban J connectivity index is 0.957. The minimum Gasteiger partial charge on any atom is -0.245 e. The summed E-state index contributed by atoms with van der Waals surface area (Å²) in [6.07, 6.45) is 0. The lowest BCUT2D eigenvalue weighted by molar-refractivity contribution is 1.36. The van der Waals surface area contributed by atoms with Crippen molar-refractivity contribution in [1.29, 1.82) is 0 Å². The quantitative estimate of drug-likeness (QED) is 0.162. The molecule has 13 aromatic rings. The molecular weight excluding hydrogens is 777 g/mol. The Morgan fingerprint density at radius 3 is 1.12 bits per heavy atom. The zero-order valence-electron chi connectivity index (χ0n) is 34.6. The fraction of sp³-hybridized carbons (Fsp3) is 0. The van der Waals surface area contributed by atoms with Gasteiger partial charge in [-0.3, -0.25) is 0 Å². The maximum absolute atomic E-state index is 5.48. The topological polar surface area (TPSA) is 51.6 Å². The molecule has 0 saturated carbocycles. The van der Waals surface area contributed by atoms with E-state index < -0.39 is 0 Å². The molecule has 0 spiro atoms. The summed E-state index contributed by atoms with van der Waals surface area (Å²) in [5, 5.41) is 11.4. The van der Waals surface area contributed by atoms with Gasteiger partial charge in [0, 0.05) is 43.8 Å². The molecule has 0 fully saturated rings. The van der Waals surface area contributed by atoms with E-state index in [9.17, 15) is 0 Å². The molecule has 64 heavy (non-hydrogen) atoms. The molecule has 13 rings (SSSR count). The van der Waals surface area contributed by atoms with Crippen LogP contribution in [-0.4, -0.2) is 19.9 Å². The van der Waals surface area contributed by atoms with E-state index in [2.05, 4.69) is 218 Å². The predicted molar refractivity (Wildman–Crippen MR) is 267 cm³/mol. The van der Waals surface area contributed by atoms with Gasteiger partial charge in [-0.2, -0.15) is 0 Å². The maximum atomic E-state index is 5.48. The standard InChI is InChI=1S/C60H36N4/c1-4-16-45-37(10-1)13-7-19-48(45)52-36-56(64-60-51(52)32-28-44-31-35-55(63-59(44)60)50-21-9-15-39-12-3-6-18-47(39)50)41-24-22-40(23-25-41)53-33-29-42-26-27-43-30-34-54(62-58(43)57(42)61-53)49-20-8-14-38-11-2-5-17-46(38)49/h1-36H. The summed E-state index contributed by atoms with van der Waals surface area (Å²) in [6, 6.07) is 77.4. The lowest BCUT2D eigenvalue weighted by atomic mass is 9.93. The van der Waals surface area contributed by atoms with Crippen LogP contribution in [0.1, 0.15) is 0 Å². The monoisotopic (exact) mass is 812 g/mol. The zero-order valence-corrected chi connectivity index (χ0v) is 34.6. The first kappa shape index (κ1) is 36.1. The molecule has 0 aliphatic heterocycles. The summed E-state index contributed by atoms with van der Waals surface area (Å²) in [4.78, 5) is 21.5. The molecule has 0 aliphatic carbocycles. The summed E-state index contributed by atoms with van der Waals surface area (Å²) < 4.78 is 0. The van der Waals surface area contributed by atoms with Crippen molar-refractivity contribution < 1.29 is 0 Å². The van der Waals surface area contributed by atoms with Crippen molar-refractivity contribution in [3.63, 3.8) is 0 Å². The van der Waals surface area contributed by atoms with Gasteiger partial charge in [0.2, 0.25) is 0 Å². The second-order valence-corrected chi connectivity index (χ2v) is 16.5. The highest BCUT2D eigenvalue weighted by Crippen LogP contribution is 2.40. The molecule has 4 nitrogen and oxygen atoms in total. The van der Waals surface area contributed by atoms with Gasteiger partial charge in [-0.15, -0.1) is 0 Å². The fourth-order valence-corrected chi connectivity index (χ4v) is 9.64. The number of hydrogen-bond acceptors (Lipinski definition) is 4. The van der Waals surface area contributed by atoms with Crippen LogP contribution in [0.4, 0.5) is 0 Å². The van der Waals surface area contributed by atoms with E-state index in [0.29, 0.717) is 0 Å². The minimum atomic E-state index is 0.877. The van der Waals surface area contributed by atoms with Gasteiger partial charge in [-0.25, -0.2) is 19.9 Å². The highest BCUT2D eigenvalue weighted by molar-refractivity contribution is 6.13. The number of pyridine rings is 4. The Bertz CT molecular complexity index is 4010. The minimum absolute atomic E-state index is 0.877. The Hall–Kier alpha value is -8.60. The van der Waals surface area contributed by atoms with Crippen LogP contribution in [0.3, 0.4) is 0 Å². The van der Waals surface area contributed by atoms with Crippen LogP contribution < -0.4 is 0 Å². The number of rotatable bonds is 5. The lowest BCUT2D eigenvalue weighted by Gasteiger charge is -2.15. The zero-order chi connectivity index (χ0) is 42.1. The average Bonchev–Trinajstić information content (AvgIpc) is 3.37. The van der Waals surface area contributed by atoms with Gasteiger partial charge in [0.25, 0.3) is 0 Å². The van der Waals surface area contributed by atoms with Crippen molar-refractivity contribution in [2.75, 3.05) is 0 Å². The molecule has 0 atom stereocenters. The van der Waals surface area contributed by atoms with E-state index in [1.807, 2.05) is 0 Å². The highest BCUT2D eigenvalue weighted by atomic mass is 14.8. The Morgan fingerprint density at radius 2 is 0.578 bits per heavy atom. The van der Waals surface area contributed by atoms with Crippen molar-refractivity contribution in [2.45, 2.75) is 0 Å². The lowest BCUT2D eigenvalue weighted by Crippen LogP contribution is -1.95. The summed E-state index contributed by atoms with van der Waals surface area (Å²) >= 11 is 0. The van der Waals surface area contributed by atoms with Crippen molar-refractivity contribution in [3.8, 4) is 56.2 Å². The summed E-state index contributed by atoms with van der Waals surface area (Å²) in [5.41, 5.74) is 13.7. The molecule has 296 valence electrons. The molecule has 4 aromatic heterocycles. The Labute approximate surface area is 368 Å². The number of fused-ring (bicyclic) bond motifs is 9. The molecule has 0 aliphatic rings. The van der Waals surface area contributed by atoms with E-state index in [0.717, 1.165) is 99.8 Å². The van der Waals surface area contributed by atoms with Crippen LogP contribution in [0.2, 0.25) is 0 Å². The molecule has 4 heteroatoms. The first-order valence-corrected chi connectivity index (χ1v) is 21.7. The molecule has 4 heterocycles. The van der Waals surface area contributed by atoms with Gasteiger partial charge in [-0.05, 0) is 67.7 Å². The third-order valence-electron chi connectivity index (χ3n) is 12.8. The van der Waals surface area contributed by atoms with E-state index in [4.69, 9.17) is 19.9 Å². The van der Waals surface area contributed by atoms with Crippen LogP contribution in [0.5, 0.6) is 0 Å². The van der Waals surface area contributed by atoms with Crippen molar-refractivity contribution in [2.24, 2.45) is 0 Å². The molecule has 0 N–H and O–H groups in total. The van der Waals surface area contributed by atoms with Gasteiger partial charge in [0.15, 0.2) is 0 Å². The first-order chi connectivity index (χ1) is 31.7. The molecule has 0 unspecified atom stereocenters. The summed E-state index contributed by atoms with van der Waals surface area (Å²) in [7, 11) is 0. The second kappa shape index (κ2) is 14.5. The molecule has 0 amide bonds. The van der Waals surface area contributed by atoms with E-state index >= 15 is 0 Å². The molecule has 0 bridgehead atoms. The summed E-state index contributed by atoms with van der Waals surface area (Å²) in [5.74, 6) is 0. The van der Waals surface area contributed by atoms with E-state index in [1.54, 1.807) is 0 Å². The SMILES string of the molecule is c1ccc2c(-c3ccc4ccc5ccc(-c6ccc(-c7cc(-c8cccc9ccccc89)c8ccc9ccc(-c%10cccc%11ccccc%10%11)nc9c8n7)cc6)nc5c4n3)cccc2c1. The fourth-order valence-electron chi connectivity index (χ4n) is 9.64. The highest BCUT2D eigenvalue weighted by Gasteiger charge is 2.17. The number of hydrogen-bond donors (Lipinski definition) is 0. The third-order valence-corrected chi connectivity index (χ3v) is 12.8. The van der Waals surface area contributed by atoms with E-state index in [1.165, 1.54) is 32.3 Å². The smallest absolute Gasteiger partial charge is 0.0978 e. The van der Waals surface area contributed by atoms with Gasteiger partial charge >= 0.3 is 0 Å². The molecule has 0 radical (unpaired) electrons. The van der Waals surface area contributed by atoms with Crippen molar-refractivity contribution in [3.05, 3.63) is 218 Å². The van der Waals surface area contributed by atoms with E-state index in [-0.39, 0.29) is 0 Å². The maximum Gasteiger partial charge on any atom is 0.0978 e. The van der Waals surface area contributed by atoms with Crippen LogP contribution in [0, 0.1) is 0 Å². The van der Waals surface area contributed by atoms with Gasteiger partial charge in [-0.1, -0.05) is 194 Å². The molecule has 9 aromatic carbocycles. The van der Waals surface area contributed by atoms with Crippen LogP contribution in [0.15, 0.2) is 218 Å². The predicted octanol–water partition coefficient (Wildman–Crippen LogP) is 15.7. The number of nitrogens with zero attached hydrogens (tertiary/aromatic N) is 4. The molecule has 0 saturated heterocycles. The van der Waals surface area contributed by atoms with Gasteiger partial charge in [0.1, 0.15) is 0 Å². The third kappa shape index (κ3) is 5.92. The average molecular weight is 813 g/mol. The Morgan fingerprint density at radius 1 is 0.203 bits per heavy atom. The van der Waals surface area contributed by atoms with Crippen molar-refractivity contribution in [1.82, 2.24) is 19.9 Å². The largest absolute Gasteiger partial charge is 0.245 e. The van der Waals surface area contributed by atoms with Gasteiger partial charge in [0.05, 0.1) is 44.8 Å². The number of benzene rings is 9. The normalized spacial score (nSPS) is 11.8. The summed E-state index contributed by atoms with van der Waals surface area (Å²) in [6.45, 7) is 0. The first-order valence-electron chi connectivity index (χ1n) is 21.7. The Kier molecular flexibility index (Phi) is 8.18. The van der Waals surface area contributed by atoms with Gasteiger partial charge < -0.3 is 0 Å². The molecular formula is C60H36N4. The van der Waals surface area contributed by atoms with Crippen LogP contribution in [0.25, 0.3) is 132 Å². The van der Waals surface area contributed by atoms with Crippen molar-refractivity contribution >= 4 is 75.9 Å². The van der Waals surface area contributed by atoms with Crippen LogP contribution >= 0.6 is 0 Å². The second-order valence-electron chi connectivity index (χ2n) is 16.5.